The van der Waals surface area contributed by atoms with Gasteiger partial charge < -0.3 is 4.57 Å². The molecule has 162 valence electrons. The van der Waals surface area contributed by atoms with Crippen molar-refractivity contribution >= 4 is 23.0 Å². The monoisotopic (exact) mass is 434 g/mol. The van der Waals surface area contributed by atoms with Crippen LogP contribution in [0.25, 0.3) is 17.1 Å². The number of rotatable bonds is 7. The molecule has 0 saturated carbocycles. The number of pyridine rings is 1. The molecular formula is C24H20F2N4O2. The molecule has 32 heavy (non-hydrogen) atoms. The van der Waals surface area contributed by atoms with Gasteiger partial charge in [0.1, 0.15) is 22.7 Å². The average Bonchev–Trinajstić information content (AvgIpc) is 3.19. The topological polar surface area (TPSA) is 80.0 Å². The highest BCUT2D eigenvalue weighted by Crippen LogP contribution is 2.27. The zero-order valence-corrected chi connectivity index (χ0v) is 17.0. The molecule has 1 amide bonds. The minimum absolute atomic E-state index is 0.0416. The van der Waals surface area contributed by atoms with E-state index in [9.17, 15) is 4.79 Å². The number of amides is 1. The van der Waals surface area contributed by atoms with Crippen LogP contribution in [0.3, 0.4) is 0 Å². The van der Waals surface area contributed by atoms with Gasteiger partial charge in [0.15, 0.2) is 5.82 Å². The van der Waals surface area contributed by atoms with E-state index in [0.29, 0.717) is 24.4 Å². The smallest absolute Gasteiger partial charge is 0.267 e. The van der Waals surface area contributed by atoms with E-state index < -0.39 is 17.5 Å². The van der Waals surface area contributed by atoms with Crippen molar-refractivity contribution in [2.45, 2.75) is 19.4 Å². The number of hydrogen-bond donors (Lipinski definition) is 2. The molecule has 0 aliphatic heterocycles. The Balaban J connectivity index is 1.79. The molecule has 2 aromatic heterocycles. The minimum Gasteiger partial charge on any atom is -0.319 e. The van der Waals surface area contributed by atoms with E-state index in [1.165, 1.54) is 5.48 Å². The van der Waals surface area contributed by atoms with Crippen LogP contribution in [0.4, 0.5) is 8.78 Å². The molecule has 2 N–H and O–H groups in total. The summed E-state index contributed by atoms with van der Waals surface area (Å²) in [6, 6.07) is 16.2. The zero-order valence-electron chi connectivity index (χ0n) is 17.0. The standard InChI is InChI=1S/C24H20F2N4O2/c25-19-14-17(10-12-21(31)29-32)22(26)23-24(19)30(15-18-8-4-5-13-27-18)20(28-23)11-9-16-6-2-1-3-7-16/h1-8,10,12-14,32H,9,11,15H2,(H,29,31)/b12-10+. The Labute approximate surface area is 182 Å². The van der Waals surface area contributed by atoms with Gasteiger partial charge in [-0.25, -0.2) is 19.2 Å². The molecule has 2 aromatic carbocycles. The number of carbonyl (C=O) groups excluding carboxylic acids is 1. The number of fused-ring (bicyclic) bond motifs is 1. The van der Waals surface area contributed by atoms with E-state index in [1.54, 1.807) is 16.8 Å². The van der Waals surface area contributed by atoms with Crippen molar-refractivity contribution in [1.82, 2.24) is 20.0 Å². The van der Waals surface area contributed by atoms with Crippen LogP contribution in [-0.4, -0.2) is 25.6 Å². The van der Waals surface area contributed by atoms with Gasteiger partial charge in [-0.2, -0.15) is 0 Å². The summed E-state index contributed by atoms with van der Waals surface area (Å²) in [6.07, 6.45) is 4.77. The molecule has 0 aliphatic rings. The van der Waals surface area contributed by atoms with Gasteiger partial charge in [0.05, 0.1) is 12.2 Å². The van der Waals surface area contributed by atoms with Crippen LogP contribution < -0.4 is 5.48 Å². The third-order valence-corrected chi connectivity index (χ3v) is 5.07. The fourth-order valence-electron chi connectivity index (χ4n) is 3.54. The predicted octanol–water partition coefficient (Wildman–Crippen LogP) is 4.06. The average molecular weight is 434 g/mol. The first-order valence-corrected chi connectivity index (χ1v) is 10.00. The van der Waals surface area contributed by atoms with Crippen molar-refractivity contribution in [1.29, 1.82) is 0 Å². The molecule has 2 heterocycles. The maximum absolute atomic E-state index is 15.2. The predicted molar refractivity (Wildman–Crippen MR) is 116 cm³/mol. The van der Waals surface area contributed by atoms with Crippen LogP contribution in [0.5, 0.6) is 0 Å². The van der Waals surface area contributed by atoms with Crippen molar-refractivity contribution in [2.75, 3.05) is 0 Å². The Hall–Kier alpha value is -3.91. The number of benzene rings is 2. The second kappa shape index (κ2) is 9.49. The Morgan fingerprint density at radius 1 is 1.09 bits per heavy atom. The van der Waals surface area contributed by atoms with E-state index >= 15 is 8.78 Å². The summed E-state index contributed by atoms with van der Waals surface area (Å²) < 4.78 is 32.0. The van der Waals surface area contributed by atoms with Crippen LogP contribution in [0.1, 0.15) is 22.6 Å². The lowest BCUT2D eigenvalue weighted by molar-refractivity contribution is -0.124. The largest absolute Gasteiger partial charge is 0.319 e. The lowest BCUT2D eigenvalue weighted by atomic mass is 10.1. The molecule has 0 saturated heterocycles. The first-order chi connectivity index (χ1) is 15.6. The summed E-state index contributed by atoms with van der Waals surface area (Å²) in [7, 11) is 0. The molecule has 0 unspecified atom stereocenters. The molecule has 4 rings (SSSR count). The maximum atomic E-state index is 15.2. The van der Waals surface area contributed by atoms with Crippen molar-refractivity contribution in [3.63, 3.8) is 0 Å². The van der Waals surface area contributed by atoms with Gasteiger partial charge >= 0.3 is 0 Å². The molecule has 4 aromatic rings. The second-order valence-electron chi connectivity index (χ2n) is 7.19. The normalized spacial score (nSPS) is 11.3. The Bertz CT molecular complexity index is 1270. The minimum atomic E-state index is -0.853. The van der Waals surface area contributed by atoms with Crippen LogP contribution in [0.15, 0.2) is 66.9 Å². The summed E-state index contributed by atoms with van der Waals surface area (Å²) in [5.41, 5.74) is 2.97. The van der Waals surface area contributed by atoms with Crippen molar-refractivity contribution in [2.24, 2.45) is 0 Å². The van der Waals surface area contributed by atoms with Crippen molar-refractivity contribution in [3.05, 3.63) is 101 Å². The van der Waals surface area contributed by atoms with Crippen molar-refractivity contribution < 1.29 is 18.8 Å². The van der Waals surface area contributed by atoms with E-state index in [0.717, 1.165) is 23.8 Å². The number of carbonyl (C=O) groups is 1. The molecular weight excluding hydrogens is 414 g/mol. The first kappa shape index (κ1) is 21.3. The van der Waals surface area contributed by atoms with Crippen LogP contribution in [0, 0.1) is 11.6 Å². The van der Waals surface area contributed by atoms with Gasteiger partial charge in [-0.05, 0) is 36.3 Å². The van der Waals surface area contributed by atoms with Gasteiger partial charge in [-0.3, -0.25) is 15.0 Å². The number of aromatic nitrogens is 3. The number of nitrogens with one attached hydrogen (secondary N) is 1. The van der Waals surface area contributed by atoms with Gasteiger partial charge in [0.2, 0.25) is 0 Å². The Morgan fingerprint density at radius 2 is 1.88 bits per heavy atom. The summed E-state index contributed by atoms with van der Waals surface area (Å²) in [4.78, 5) is 20.0. The number of hydroxylamine groups is 1. The zero-order chi connectivity index (χ0) is 22.5. The van der Waals surface area contributed by atoms with Gasteiger partial charge in [0.25, 0.3) is 5.91 Å². The van der Waals surface area contributed by atoms with E-state index in [2.05, 4.69) is 9.97 Å². The van der Waals surface area contributed by atoms with Crippen LogP contribution in [-0.2, 0) is 24.2 Å². The number of aryl methyl sites for hydroxylation is 2. The quantitative estimate of drug-likeness (QED) is 0.261. The first-order valence-electron chi connectivity index (χ1n) is 10.00. The summed E-state index contributed by atoms with van der Waals surface area (Å²) >= 11 is 0. The van der Waals surface area contributed by atoms with E-state index in [1.807, 2.05) is 42.5 Å². The Kier molecular flexibility index (Phi) is 6.32. The van der Waals surface area contributed by atoms with Crippen LogP contribution in [0.2, 0.25) is 0 Å². The highest BCUT2D eigenvalue weighted by Gasteiger charge is 2.21. The lowest BCUT2D eigenvalue weighted by Gasteiger charge is -2.10. The van der Waals surface area contributed by atoms with Gasteiger partial charge in [-0.15, -0.1) is 0 Å². The third kappa shape index (κ3) is 4.55. The SMILES string of the molecule is O=C(/C=C/c1cc(F)c2c(nc(CCc3ccccc3)n2Cc2ccccn2)c1F)NO. The third-order valence-electron chi connectivity index (χ3n) is 5.07. The molecule has 0 spiro atoms. The van der Waals surface area contributed by atoms with Crippen LogP contribution >= 0.6 is 0 Å². The molecule has 0 aliphatic carbocycles. The molecule has 0 fully saturated rings. The Morgan fingerprint density at radius 3 is 2.59 bits per heavy atom. The number of nitrogens with zero attached hydrogens (tertiary/aromatic N) is 3. The molecule has 6 nitrogen and oxygen atoms in total. The number of halogens is 2. The highest BCUT2D eigenvalue weighted by molar-refractivity contribution is 5.91. The fraction of sp³-hybridized carbons (Fsp3) is 0.125. The summed E-state index contributed by atoms with van der Waals surface area (Å²) in [6.45, 7) is 0.236. The summed E-state index contributed by atoms with van der Waals surface area (Å²) in [5, 5.41) is 8.60. The lowest BCUT2D eigenvalue weighted by Crippen LogP contribution is -2.14. The number of hydrogen-bond acceptors (Lipinski definition) is 4. The van der Waals surface area contributed by atoms with Crippen molar-refractivity contribution in [3.8, 4) is 0 Å². The fourth-order valence-corrected chi connectivity index (χ4v) is 3.54. The van der Waals surface area contributed by atoms with Gasteiger partial charge in [0, 0.05) is 24.3 Å². The molecule has 0 radical (unpaired) electrons. The summed E-state index contributed by atoms with van der Waals surface area (Å²) in [5.74, 6) is -1.74. The molecule has 0 atom stereocenters. The molecule has 0 bridgehead atoms. The maximum Gasteiger partial charge on any atom is 0.267 e. The van der Waals surface area contributed by atoms with E-state index in [-0.39, 0.29) is 23.1 Å². The van der Waals surface area contributed by atoms with E-state index in [4.69, 9.17) is 5.21 Å². The highest BCUT2D eigenvalue weighted by atomic mass is 19.1. The van der Waals surface area contributed by atoms with Gasteiger partial charge in [-0.1, -0.05) is 36.4 Å². The molecule has 8 heteroatoms. The number of imidazole rings is 1. The second-order valence-corrected chi connectivity index (χ2v) is 7.19.